The van der Waals surface area contributed by atoms with E-state index >= 15 is 0 Å². The summed E-state index contributed by atoms with van der Waals surface area (Å²) in [7, 11) is 0. The van der Waals surface area contributed by atoms with Crippen LogP contribution < -0.4 is 14.8 Å². The zero-order chi connectivity index (χ0) is 19.9. The van der Waals surface area contributed by atoms with E-state index in [1.54, 1.807) is 0 Å². The highest BCUT2D eigenvalue weighted by atomic mass is 19.1. The second kappa shape index (κ2) is 9.40. The van der Waals surface area contributed by atoms with Crippen LogP contribution in [-0.2, 0) is 10.2 Å². The smallest absolute Gasteiger partial charge is 0.261 e. The fourth-order valence-corrected chi connectivity index (χ4v) is 2.66. The Labute approximate surface area is 160 Å². The third-order valence-electron chi connectivity index (χ3n) is 4.11. The van der Waals surface area contributed by atoms with E-state index in [4.69, 9.17) is 9.47 Å². The quantitative estimate of drug-likeness (QED) is 0.694. The molecule has 27 heavy (non-hydrogen) atoms. The van der Waals surface area contributed by atoms with E-state index in [1.165, 1.54) is 24.3 Å². The molecule has 146 valence electrons. The molecule has 5 heteroatoms. The van der Waals surface area contributed by atoms with Gasteiger partial charge in [-0.05, 0) is 47.7 Å². The molecular weight excluding hydrogens is 345 g/mol. The van der Waals surface area contributed by atoms with Crippen LogP contribution >= 0.6 is 0 Å². The lowest BCUT2D eigenvalue weighted by atomic mass is 9.86. The largest absolute Gasteiger partial charge is 0.491 e. The number of hydrogen-bond donors (Lipinski definition) is 1. The number of amides is 1. The summed E-state index contributed by atoms with van der Waals surface area (Å²) in [5.41, 5.74) is 1.11. The van der Waals surface area contributed by atoms with Crippen molar-refractivity contribution in [3.63, 3.8) is 0 Å². The molecule has 0 aliphatic heterocycles. The van der Waals surface area contributed by atoms with Crippen molar-refractivity contribution < 1.29 is 18.7 Å². The third kappa shape index (κ3) is 6.27. The Bertz CT molecular complexity index is 738. The van der Waals surface area contributed by atoms with Gasteiger partial charge in [0.2, 0.25) is 0 Å². The van der Waals surface area contributed by atoms with Gasteiger partial charge in [0, 0.05) is 0 Å². The van der Waals surface area contributed by atoms with Crippen LogP contribution in [0.2, 0.25) is 0 Å². The predicted octanol–water partition coefficient (Wildman–Crippen LogP) is 4.48. The summed E-state index contributed by atoms with van der Waals surface area (Å²) in [5.74, 6) is 0.740. The monoisotopic (exact) mass is 373 g/mol. The van der Waals surface area contributed by atoms with Crippen LogP contribution in [0.4, 0.5) is 4.39 Å². The lowest BCUT2D eigenvalue weighted by Gasteiger charge is -2.23. The normalized spacial score (nSPS) is 12.3. The lowest BCUT2D eigenvalue weighted by molar-refractivity contribution is -0.128. The molecule has 0 fully saturated rings. The van der Waals surface area contributed by atoms with Gasteiger partial charge in [-0.2, -0.15) is 0 Å². The lowest BCUT2D eigenvalue weighted by Crippen LogP contribution is -2.39. The van der Waals surface area contributed by atoms with E-state index in [1.807, 2.05) is 25.1 Å². The van der Waals surface area contributed by atoms with Gasteiger partial charge in [0.1, 0.15) is 23.9 Å². The van der Waals surface area contributed by atoms with Gasteiger partial charge >= 0.3 is 0 Å². The minimum Gasteiger partial charge on any atom is -0.491 e. The highest BCUT2D eigenvalue weighted by molar-refractivity contribution is 5.81. The van der Waals surface area contributed by atoms with E-state index in [0.29, 0.717) is 25.3 Å². The molecule has 0 aliphatic carbocycles. The minimum atomic E-state index is -0.627. The fraction of sp³-hybridized carbons (Fsp3) is 0.409. The van der Waals surface area contributed by atoms with Crippen LogP contribution in [0.25, 0.3) is 0 Å². The van der Waals surface area contributed by atoms with Gasteiger partial charge in [-0.3, -0.25) is 4.79 Å². The van der Waals surface area contributed by atoms with Crippen molar-refractivity contribution in [3.8, 4) is 11.5 Å². The Morgan fingerprint density at radius 3 is 2.41 bits per heavy atom. The van der Waals surface area contributed by atoms with Gasteiger partial charge in [0.15, 0.2) is 6.10 Å². The van der Waals surface area contributed by atoms with E-state index in [-0.39, 0.29) is 17.1 Å². The molecule has 1 N–H and O–H groups in total. The van der Waals surface area contributed by atoms with Crippen molar-refractivity contribution in [3.05, 3.63) is 59.9 Å². The van der Waals surface area contributed by atoms with E-state index in [9.17, 15) is 9.18 Å². The molecule has 0 aromatic heterocycles. The number of hydrogen-bond acceptors (Lipinski definition) is 3. The highest BCUT2D eigenvalue weighted by Gasteiger charge is 2.19. The standard InChI is InChI=1S/C22H28FNO3/c1-5-19(27-17-12-10-16(23)11-13-17)21(25)24-14-15-26-20-9-7-6-8-18(20)22(2,3)4/h6-13,19H,5,14-15H2,1-4H3,(H,24,25)/t19-/m1/s1. The maximum absolute atomic E-state index is 13.0. The average molecular weight is 373 g/mol. The van der Waals surface area contributed by atoms with Crippen molar-refractivity contribution in [2.45, 2.75) is 45.6 Å². The second-order valence-electron chi connectivity index (χ2n) is 7.35. The number of carbonyl (C=O) groups excluding carboxylic acids is 1. The molecule has 1 atom stereocenters. The van der Waals surface area contributed by atoms with Gasteiger partial charge in [-0.25, -0.2) is 4.39 Å². The van der Waals surface area contributed by atoms with Crippen LogP contribution in [-0.4, -0.2) is 25.2 Å². The first kappa shape index (κ1) is 20.7. The summed E-state index contributed by atoms with van der Waals surface area (Å²) in [5, 5.41) is 2.83. The number of rotatable bonds is 8. The average Bonchev–Trinajstić information content (AvgIpc) is 2.64. The number of nitrogens with one attached hydrogen (secondary N) is 1. The number of halogens is 1. The maximum atomic E-state index is 13.0. The molecule has 0 unspecified atom stereocenters. The molecule has 0 saturated carbocycles. The Hall–Kier alpha value is -2.56. The van der Waals surface area contributed by atoms with Gasteiger partial charge in [0.25, 0.3) is 5.91 Å². The molecule has 1 amide bonds. The fourth-order valence-electron chi connectivity index (χ4n) is 2.66. The van der Waals surface area contributed by atoms with Gasteiger partial charge in [-0.15, -0.1) is 0 Å². The first-order valence-corrected chi connectivity index (χ1v) is 9.23. The van der Waals surface area contributed by atoms with Crippen molar-refractivity contribution in [2.75, 3.05) is 13.2 Å². The molecule has 0 bridgehead atoms. The first-order valence-electron chi connectivity index (χ1n) is 9.23. The molecule has 2 aromatic carbocycles. The van der Waals surface area contributed by atoms with Crippen molar-refractivity contribution in [1.82, 2.24) is 5.32 Å². The van der Waals surface area contributed by atoms with Gasteiger partial charge in [-0.1, -0.05) is 45.9 Å². The maximum Gasteiger partial charge on any atom is 0.261 e. The molecule has 0 spiro atoms. The van der Waals surface area contributed by atoms with Crippen molar-refractivity contribution in [2.24, 2.45) is 0 Å². The molecule has 0 aliphatic rings. The highest BCUT2D eigenvalue weighted by Crippen LogP contribution is 2.30. The van der Waals surface area contributed by atoms with Crippen LogP contribution in [0.3, 0.4) is 0 Å². The SMILES string of the molecule is CC[C@@H](Oc1ccc(F)cc1)C(=O)NCCOc1ccccc1C(C)(C)C. The Morgan fingerprint density at radius 2 is 1.78 bits per heavy atom. The number of ether oxygens (including phenoxy) is 2. The van der Waals surface area contributed by atoms with Crippen molar-refractivity contribution >= 4 is 5.91 Å². The van der Waals surface area contributed by atoms with E-state index in [0.717, 1.165) is 11.3 Å². The van der Waals surface area contributed by atoms with Crippen LogP contribution in [0.5, 0.6) is 11.5 Å². The summed E-state index contributed by atoms with van der Waals surface area (Å²) < 4.78 is 24.5. The number of para-hydroxylation sites is 1. The van der Waals surface area contributed by atoms with Crippen LogP contribution in [0.15, 0.2) is 48.5 Å². The first-order chi connectivity index (χ1) is 12.8. The molecule has 2 rings (SSSR count). The predicted molar refractivity (Wildman–Crippen MR) is 105 cm³/mol. The zero-order valence-electron chi connectivity index (χ0n) is 16.4. The Balaban J connectivity index is 1.84. The Morgan fingerprint density at radius 1 is 1.11 bits per heavy atom. The zero-order valence-corrected chi connectivity index (χ0v) is 16.4. The van der Waals surface area contributed by atoms with E-state index in [2.05, 4.69) is 32.2 Å². The summed E-state index contributed by atoms with van der Waals surface area (Å²) in [6.07, 6.45) is -0.117. The topological polar surface area (TPSA) is 47.6 Å². The van der Waals surface area contributed by atoms with Crippen LogP contribution in [0.1, 0.15) is 39.7 Å². The summed E-state index contributed by atoms with van der Waals surface area (Å²) >= 11 is 0. The van der Waals surface area contributed by atoms with E-state index < -0.39 is 6.10 Å². The molecule has 4 nitrogen and oxygen atoms in total. The summed E-state index contributed by atoms with van der Waals surface area (Å²) in [6, 6.07) is 13.6. The Kier molecular flexibility index (Phi) is 7.22. The number of benzene rings is 2. The molecule has 0 heterocycles. The molecule has 2 aromatic rings. The van der Waals surface area contributed by atoms with Gasteiger partial charge < -0.3 is 14.8 Å². The van der Waals surface area contributed by atoms with Gasteiger partial charge in [0.05, 0.1) is 6.54 Å². The second-order valence-corrected chi connectivity index (χ2v) is 7.35. The van der Waals surface area contributed by atoms with Crippen LogP contribution in [0, 0.1) is 5.82 Å². The molecule has 0 radical (unpaired) electrons. The van der Waals surface area contributed by atoms with Crippen molar-refractivity contribution in [1.29, 1.82) is 0 Å². The molecule has 0 saturated heterocycles. The third-order valence-corrected chi connectivity index (χ3v) is 4.11. The minimum absolute atomic E-state index is 0.0177. The summed E-state index contributed by atoms with van der Waals surface area (Å²) in [4.78, 5) is 12.3. The molecular formula is C22H28FNO3. The number of carbonyl (C=O) groups is 1. The summed E-state index contributed by atoms with van der Waals surface area (Å²) in [6.45, 7) is 9.01.